The Morgan fingerprint density at radius 2 is 2.17 bits per heavy atom. The monoisotopic (exact) mass is 270 g/mol. The number of piperidine rings is 1. The van der Waals surface area contributed by atoms with E-state index in [1.54, 1.807) is 0 Å². The van der Waals surface area contributed by atoms with E-state index in [2.05, 4.69) is 23.8 Å². The second kappa shape index (κ2) is 6.80. The van der Waals surface area contributed by atoms with Gasteiger partial charge >= 0.3 is 0 Å². The molecule has 1 amide bonds. The van der Waals surface area contributed by atoms with Crippen molar-refractivity contribution in [2.75, 3.05) is 12.8 Å². The molecule has 0 spiro atoms. The van der Waals surface area contributed by atoms with Crippen LogP contribution < -0.4 is 10.6 Å². The summed E-state index contributed by atoms with van der Waals surface area (Å²) < 4.78 is 0. The molecule has 3 nitrogen and oxygen atoms in total. The predicted molar refractivity (Wildman–Crippen MR) is 77.9 cm³/mol. The van der Waals surface area contributed by atoms with Gasteiger partial charge in [0.1, 0.15) is 0 Å². The zero-order valence-electron chi connectivity index (χ0n) is 11.6. The van der Waals surface area contributed by atoms with Gasteiger partial charge in [-0.1, -0.05) is 13.3 Å². The van der Waals surface area contributed by atoms with Gasteiger partial charge in [-0.15, -0.1) is 0 Å². The molecule has 2 aliphatic rings. The van der Waals surface area contributed by atoms with E-state index in [4.69, 9.17) is 0 Å². The van der Waals surface area contributed by atoms with Crippen molar-refractivity contribution >= 4 is 17.7 Å². The van der Waals surface area contributed by atoms with Crippen molar-refractivity contribution in [1.29, 1.82) is 0 Å². The van der Waals surface area contributed by atoms with E-state index in [1.807, 2.05) is 11.8 Å². The van der Waals surface area contributed by atoms with Crippen LogP contribution in [0.2, 0.25) is 0 Å². The molecule has 1 saturated heterocycles. The van der Waals surface area contributed by atoms with Gasteiger partial charge in [-0.2, -0.15) is 11.8 Å². The van der Waals surface area contributed by atoms with Crippen molar-refractivity contribution in [3.63, 3.8) is 0 Å². The number of amides is 1. The Bertz CT molecular complexity index is 285. The second-order valence-electron chi connectivity index (χ2n) is 5.68. The fourth-order valence-corrected chi connectivity index (χ4v) is 3.95. The summed E-state index contributed by atoms with van der Waals surface area (Å²) >= 11 is 1.94. The molecule has 1 aliphatic carbocycles. The highest BCUT2D eigenvalue weighted by molar-refractivity contribution is 7.99. The predicted octanol–water partition coefficient (Wildman–Crippen LogP) is 2.16. The number of hydrogen-bond acceptors (Lipinski definition) is 3. The second-order valence-corrected chi connectivity index (χ2v) is 6.82. The van der Waals surface area contributed by atoms with Gasteiger partial charge in [-0.05, 0) is 50.8 Å². The van der Waals surface area contributed by atoms with Crippen molar-refractivity contribution in [1.82, 2.24) is 10.6 Å². The Morgan fingerprint density at radius 1 is 1.33 bits per heavy atom. The molecule has 4 atom stereocenters. The molecule has 0 aromatic carbocycles. The molecule has 18 heavy (non-hydrogen) atoms. The zero-order chi connectivity index (χ0) is 13.0. The quantitative estimate of drug-likeness (QED) is 0.822. The summed E-state index contributed by atoms with van der Waals surface area (Å²) in [5.41, 5.74) is 0. The largest absolute Gasteiger partial charge is 0.352 e. The maximum Gasteiger partial charge on any atom is 0.237 e. The fraction of sp³-hybridized carbons (Fsp3) is 0.929. The highest BCUT2D eigenvalue weighted by Gasteiger charge is 2.30. The molecule has 2 fully saturated rings. The molecule has 4 unspecified atom stereocenters. The third-order valence-corrected chi connectivity index (χ3v) is 5.57. The molecule has 0 aromatic rings. The van der Waals surface area contributed by atoms with E-state index in [1.165, 1.54) is 19.3 Å². The molecular formula is C14H26N2OS. The normalized spacial score (nSPS) is 36.6. The lowest BCUT2D eigenvalue weighted by molar-refractivity contribution is -0.124. The van der Waals surface area contributed by atoms with Crippen LogP contribution in [-0.4, -0.2) is 36.0 Å². The van der Waals surface area contributed by atoms with Gasteiger partial charge in [0, 0.05) is 11.3 Å². The maximum absolute atomic E-state index is 12.2. The Hall–Kier alpha value is -0.220. The van der Waals surface area contributed by atoms with Gasteiger partial charge in [0.2, 0.25) is 5.91 Å². The number of carbonyl (C=O) groups excluding carboxylic acids is 1. The summed E-state index contributed by atoms with van der Waals surface area (Å²) in [6, 6.07) is 0.468. The maximum atomic E-state index is 12.2. The first-order chi connectivity index (χ1) is 8.72. The van der Waals surface area contributed by atoms with Crippen LogP contribution in [-0.2, 0) is 4.79 Å². The third-order valence-electron chi connectivity index (χ3n) is 4.47. The smallest absolute Gasteiger partial charge is 0.237 e. The van der Waals surface area contributed by atoms with Gasteiger partial charge in [-0.3, -0.25) is 4.79 Å². The summed E-state index contributed by atoms with van der Waals surface area (Å²) in [6.07, 6.45) is 9.16. The minimum atomic E-state index is 0.0528. The van der Waals surface area contributed by atoms with E-state index in [9.17, 15) is 4.79 Å². The van der Waals surface area contributed by atoms with Crippen LogP contribution in [0.25, 0.3) is 0 Å². The van der Waals surface area contributed by atoms with Crippen LogP contribution in [0.3, 0.4) is 0 Å². The molecular weight excluding hydrogens is 244 g/mol. The highest BCUT2D eigenvalue weighted by atomic mass is 32.2. The zero-order valence-corrected chi connectivity index (χ0v) is 12.4. The minimum Gasteiger partial charge on any atom is -0.352 e. The number of thioether (sulfide) groups is 1. The van der Waals surface area contributed by atoms with Crippen LogP contribution in [0.4, 0.5) is 0 Å². The average Bonchev–Trinajstić information content (AvgIpc) is 2.86. The van der Waals surface area contributed by atoms with Crippen LogP contribution in [0.5, 0.6) is 0 Å². The highest BCUT2D eigenvalue weighted by Crippen LogP contribution is 2.28. The van der Waals surface area contributed by atoms with Crippen LogP contribution >= 0.6 is 11.8 Å². The number of rotatable bonds is 4. The molecule has 1 heterocycles. The molecule has 1 saturated carbocycles. The SMILES string of the molecule is CCC1CCNC(C(=O)NC2CCC(SC)C2)C1. The van der Waals surface area contributed by atoms with Crippen LogP contribution in [0.1, 0.15) is 45.4 Å². The van der Waals surface area contributed by atoms with E-state index < -0.39 is 0 Å². The Balaban J connectivity index is 1.77. The Morgan fingerprint density at radius 3 is 2.83 bits per heavy atom. The lowest BCUT2D eigenvalue weighted by Gasteiger charge is -2.29. The molecule has 2 rings (SSSR count). The first kappa shape index (κ1) is 14.2. The molecule has 1 aliphatic heterocycles. The summed E-state index contributed by atoms with van der Waals surface area (Å²) in [6.45, 7) is 3.22. The van der Waals surface area contributed by atoms with Crippen molar-refractivity contribution < 1.29 is 4.79 Å². The lowest BCUT2D eigenvalue weighted by atomic mass is 9.90. The van der Waals surface area contributed by atoms with Crippen molar-refractivity contribution in [2.45, 2.75) is 62.8 Å². The van der Waals surface area contributed by atoms with Crippen molar-refractivity contribution in [2.24, 2.45) is 5.92 Å². The van der Waals surface area contributed by atoms with Gasteiger partial charge in [0.25, 0.3) is 0 Å². The van der Waals surface area contributed by atoms with Crippen LogP contribution in [0, 0.1) is 5.92 Å². The Labute approximate surface area is 115 Å². The van der Waals surface area contributed by atoms with Gasteiger partial charge in [0.05, 0.1) is 6.04 Å². The average molecular weight is 270 g/mol. The third kappa shape index (κ3) is 3.64. The minimum absolute atomic E-state index is 0.0528. The first-order valence-corrected chi connectivity index (χ1v) is 8.58. The molecule has 0 aromatic heterocycles. The summed E-state index contributed by atoms with van der Waals surface area (Å²) in [5, 5.41) is 7.36. The van der Waals surface area contributed by atoms with Crippen molar-refractivity contribution in [3.8, 4) is 0 Å². The van der Waals surface area contributed by atoms with Gasteiger partial charge < -0.3 is 10.6 Å². The fourth-order valence-electron chi connectivity index (χ4n) is 3.15. The topological polar surface area (TPSA) is 41.1 Å². The summed E-state index contributed by atoms with van der Waals surface area (Å²) in [7, 11) is 0. The van der Waals surface area contributed by atoms with E-state index in [0.29, 0.717) is 6.04 Å². The van der Waals surface area contributed by atoms with Gasteiger partial charge in [-0.25, -0.2) is 0 Å². The van der Waals surface area contributed by atoms with E-state index in [0.717, 1.165) is 37.0 Å². The van der Waals surface area contributed by atoms with Crippen molar-refractivity contribution in [3.05, 3.63) is 0 Å². The first-order valence-electron chi connectivity index (χ1n) is 7.29. The van der Waals surface area contributed by atoms with Crippen LogP contribution in [0.15, 0.2) is 0 Å². The molecule has 104 valence electrons. The number of nitrogens with one attached hydrogen (secondary N) is 2. The Kier molecular flexibility index (Phi) is 5.37. The standard InChI is InChI=1S/C14H26N2OS/c1-3-10-6-7-15-13(8-10)14(17)16-11-4-5-12(9-11)18-2/h10-13,15H,3-9H2,1-2H3,(H,16,17). The number of hydrogen-bond donors (Lipinski definition) is 2. The molecule has 0 radical (unpaired) electrons. The molecule has 0 bridgehead atoms. The lowest BCUT2D eigenvalue weighted by Crippen LogP contribution is -2.50. The molecule has 2 N–H and O–H groups in total. The van der Waals surface area contributed by atoms with E-state index >= 15 is 0 Å². The molecule has 4 heteroatoms. The van der Waals surface area contributed by atoms with Gasteiger partial charge in [0.15, 0.2) is 0 Å². The van der Waals surface area contributed by atoms with E-state index in [-0.39, 0.29) is 11.9 Å². The summed E-state index contributed by atoms with van der Waals surface area (Å²) in [4.78, 5) is 12.2. The summed E-state index contributed by atoms with van der Waals surface area (Å²) in [5.74, 6) is 0.962. The number of carbonyl (C=O) groups is 1.